The summed E-state index contributed by atoms with van der Waals surface area (Å²) in [6.07, 6.45) is 0.550. The van der Waals surface area contributed by atoms with Gasteiger partial charge in [-0.2, -0.15) is 4.98 Å². The van der Waals surface area contributed by atoms with Crippen LogP contribution in [0.15, 0.2) is 59.1 Å². The Labute approximate surface area is 172 Å². The van der Waals surface area contributed by atoms with Crippen LogP contribution in [-0.4, -0.2) is 34.4 Å². The number of carbonyl (C=O) groups is 3. The third-order valence-corrected chi connectivity index (χ3v) is 4.19. The molecule has 0 spiro atoms. The lowest BCUT2D eigenvalue weighted by Gasteiger charge is -2.06. The summed E-state index contributed by atoms with van der Waals surface area (Å²) in [5, 5.41) is 9.14. The predicted molar refractivity (Wildman–Crippen MR) is 108 cm³/mol. The molecule has 0 atom stereocenters. The minimum absolute atomic E-state index is 0.155. The number of hydrogen-bond donors (Lipinski definition) is 3. The molecule has 0 saturated carbocycles. The molecule has 0 aliphatic heterocycles. The zero-order chi connectivity index (χ0) is 21.3. The fourth-order valence-corrected chi connectivity index (χ4v) is 2.61. The predicted octanol–water partition coefficient (Wildman–Crippen LogP) is 1.20. The number of nitrogens with one attached hydrogen (secondary N) is 2. The topological polar surface area (TPSA) is 140 Å². The maximum Gasteiger partial charge on any atom is 0.251 e. The second-order valence-electron chi connectivity index (χ2n) is 6.50. The Kier molecular flexibility index (Phi) is 6.88. The van der Waals surface area contributed by atoms with E-state index in [1.54, 1.807) is 24.3 Å². The molecule has 0 bridgehead atoms. The van der Waals surface area contributed by atoms with Gasteiger partial charge in [-0.25, -0.2) is 0 Å². The Morgan fingerprint density at radius 2 is 1.70 bits per heavy atom. The first-order chi connectivity index (χ1) is 14.5. The SMILES string of the molecule is NC(=O)CNC(=O)c1ccc(CNC(=O)CCc2nc(-c3ccccc3)no2)cc1. The van der Waals surface area contributed by atoms with Gasteiger partial charge in [-0.15, -0.1) is 0 Å². The number of rotatable bonds is 9. The Balaban J connectivity index is 1.43. The van der Waals surface area contributed by atoms with E-state index in [0.29, 0.717) is 30.2 Å². The molecule has 0 saturated heterocycles. The van der Waals surface area contributed by atoms with Crippen LogP contribution in [0.1, 0.15) is 28.2 Å². The van der Waals surface area contributed by atoms with Crippen molar-refractivity contribution in [2.75, 3.05) is 6.54 Å². The molecule has 2 aromatic carbocycles. The molecule has 0 unspecified atom stereocenters. The van der Waals surface area contributed by atoms with Gasteiger partial charge in [0.25, 0.3) is 5.91 Å². The quantitative estimate of drug-likeness (QED) is 0.487. The number of primary amides is 1. The first kappa shape index (κ1) is 20.7. The second kappa shape index (κ2) is 9.97. The van der Waals surface area contributed by atoms with Crippen molar-refractivity contribution in [1.82, 2.24) is 20.8 Å². The number of amides is 3. The highest BCUT2D eigenvalue weighted by Gasteiger charge is 2.11. The van der Waals surface area contributed by atoms with Crippen molar-refractivity contribution in [1.29, 1.82) is 0 Å². The lowest BCUT2D eigenvalue weighted by Crippen LogP contribution is -2.33. The van der Waals surface area contributed by atoms with E-state index in [9.17, 15) is 14.4 Å². The zero-order valence-electron chi connectivity index (χ0n) is 16.1. The Morgan fingerprint density at radius 1 is 0.967 bits per heavy atom. The number of nitrogens with two attached hydrogens (primary N) is 1. The molecular weight excluding hydrogens is 386 g/mol. The molecular formula is C21H21N5O4. The van der Waals surface area contributed by atoms with Gasteiger partial charge in [-0.1, -0.05) is 47.6 Å². The molecule has 1 aromatic heterocycles. The van der Waals surface area contributed by atoms with Crippen LogP contribution in [0.4, 0.5) is 0 Å². The largest absolute Gasteiger partial charge is 0.368 e. The summed E-state index contributed by atoms with van der Waals surface area (Å²) in [6, 6.07) is 16.1. The highest BCUT2D eigenvalue weighted by molar-refractivity contribution is 5.96. The molecule has 0 radical (unpaired) electrons. The monoisotopic (exact) mass is 407 g/mol. The van der Waals surface area contributed by atoms with Gasteiger partial charge in [0.05, 0.1) is 6.54 Å². The molecule has 4 N–H and O–H groups in total. The summed E-state index contributed by atoms with van der Waals surface area (Å²) >= 11 is 0. The van der Waals surface area contributed by atoms with Crippen LogP contribution in [0.5, 0.6) is 0 Å². The fourth-order valence-electron chi connectivity index (χ4n) is 2.61. The van der Waals surface area contributed by atoms with Crippen molar-refractivity contribution in [2.45, 2.75) is 19.4 Å². The number of aromatic nitrogens is 2. The molecule has 3 amide bonds. The van der Waals surface area contributed by atoms with Crippen molar-refractivity contribution in [3.63, 3.8) is 0 Å². The molecule has 154 valence electrons. The molecule has 9 heteroatoms. The van der Waals surface area contributed by atoms with Gasteiger partial charge in [-0.05, 0) is 17.7 Å². The van der Waals surface area contributed by atoms with E-state index >= 15 is 0 Å². The van der Waals surface area contributed by atoms with Gasteiger partial charge in [-0.3, -0.25) is 14.4 Å². The van der Waals surface area contributed by atoms with Gasteiger partial charge >= 0.3 is 0 Å². The number of benzene rings is 2. The lowest BCUT2D eigenvalue weighted by molar-refractivity contribution is -0.121. The van der Waals surface area contributed by atoms with Crippen LogP contribution in [-0.2, 0) is 22.6 Å². The minimum atomic E-state index is -0.612. The average molecular weight is 407 g/mol. The normalized spacial score (nSPS) is 10.4. The third-order valence-electron chi connectivity index (χ3n) is 4.19. The number of aryl methyl sites for hydroxylation is 1. The van der Waals surface area contributed by atoms with Crippen molar-refractivity contribution >= 4 is 17.7 Å². The number of nitrogens with zero attached hydrogens (tertiary/aromatic N) is 2. The second-order valence-corrected chi connectivity index (χ2v) is 6.50. The smallest absolute Gasteiger partial charge is 0.251 e. The Bertz CT molecular complexity index is 1020. The Morgan fingerprint density at radius 3 is 2.40 bits per heavy atom. The number of carbonyl (C=O) groups excluding carboxylic acids is 3. The molecule has 0 aliphatic carbocycles. The molecule has 1 heterocycles. The van der Waals surface area contributed by atoms with E-state index in [2.05, 4.69) is 20.8 Å². The van der Waals surface area contributed by atoms with Crippen molar-refractivity contribution in [3.8, 4) is 11.4 Å². The van der Waals surface area contributed by atoms with E-state index in [-0.39, 0.29) is 24.8 Å². The van der Waals surface area contributed by atoms with Gasteiger partial charge in [0.1, 0.15) is 0 Å². The molecule has 9 nitrogen and oxygen atoms in total. The first-order valence-electron chi connectivity index (χ1n) is 9.31. The summed E-state index contributed by atoms with van der Waals surface area (Å²) in [5.41, 5.74) is 7.08. The molecule has 30 heavy (non-hydrogen) atoms. The fraction of sp³-hybridized carbons (Fsp3) is 0.190. The van der Waals surface area contributed by atoms with Crippen molar-refractivity contribution in [2.24, 2.45) is 5.73 Å². The van der Waals surface area contributed by atoms with Crippen LogP contribution in [0.2, 0.25) is 0 Å². The summed E-state index contributed by atoms with van der Waals surface area (Å²) in [4.78, 5) is 38.9. The van der Waals surface area contributed by atoms with Gasteiger partial charge in [0.2, 0.25) is 23.5 Å². The zero-order valence-corrected chi connectivity index (χ0v) is 16.1. The van der Waals surface area contributed by atoms with Crippen LogP contribution in [0.3, 0.4) is 0 Å². The minimum Gasteiger partial charge on any atom is -0.368 e. The van der Waals surface area contributed by atoms with Crippen molar-refractivity contribution in [3.05, 3.63) is 71.6 Å². The Hall–Kier alpha value is -4.01. The maximum atomic E-state index is 12.1. The van der Waals surface area contributed by atoms with Gasteiger partial charge in [0.15, 0.2) is 0 Å². The van der Waals surface area contributed by atoms with Crippen LogP contribution in [0.25, 0.3) is 11.4 Å². The molecule has 3 rings (SSSR count). The third kappa shape index (κ3) is 5.99. The summed E-state index contributed by atoms with van der Waals surface area (Å²) < 4.78 is 5.19. The summed E-state index contributed by atoms with van der Waals surface area (Å²) in [7, 11) is 0. The van der Waals surface area contributed by atoms with E-state index in [4.69, 9.17) is 10.3 Å². The highest BCUT2D eigenvalue weighted by Crippen LogP contribution is 2.15. The highest BCUT2D eigenvalue weighted by atomic mass is 16.5. The van der Waals surface area contributed by atoms with Crippen LogP contribution in [0, 0.1) is 0 Å². The average Bonchev–Trinajstić information content (AvgIpc) is 3.24. The van der Waals surface area contributed by atoms with Crippen LogP contribution < -0.4 is 16.4 Å². The summed E-state index contributed by atoms with van der Waals surface area (Å²) in [5.74, 6) is -0.266. The number of hydrogen-bond acceptors (Lipinski definition) is 6. The standard InChI is InChI=1S/C21H21N5O4/c22-17(27)13-24-21(29)16-8-6-14(7-9-16)12-23-18(28)10-11-19-25-20(26-30-19)15-4-2-1-3-5-15/h1-9H,10-13H2,(H2,22,27)(H,23,28)(H,24,29). The van der Waals surface area contributed by atoms with Gasteiger partial charge in [0, 0.05) is 30.5 Å². The van der Waals surface area contributed by atoms with E-state index in [0.717, 1.165) is 11.1 Å². The summed E-state index contributed by atoms with van der Waals surface area (Å²) in [6.45, 7) is 0.102. The van der Waals surface area contributed by atoms with E-state index in [1.807, 2.05) is 30.3 Å². The molecule has 3 aromatic rings. The van der Waals surface area contributed by atoms with Gasteiger partial charge < -0.3 is 20.9 Å². The molecule has 0 aliphatic rings. The van der Waals surface area contributed by atoms with E-state index in [1.165, 1.54) is 0 Å². The maximum absolute atomic E-state index is 12.1. The van der Waals surface area contributed by atoms with E-state index < -0.39 is 5.91 Å². The van der Waals surface area contributed by atoms with Crippen molar-refractivity contribution < 1.29 is 18.9 Å². The lowest BCUT2D eigenvalue weighted by atomic mass is 10.1. The van der Waals surface area contributed by atoms with Crippen LogP contribution >= 0.6 is 0 Å². The molecule has 0 fully saturated rings. The first-order valence-corrected chi connectivity index (χ1v) is 9.31.